The van der Waals surface area contributed by atoms with Gasteiger partial charge >= 0.3 is 0 Å². The molecule has 0 amide bonds. The zero-order valence-corrected chi connectivity index (χ0v) is 10.4. The molecule has 0 aromatic carbocycles. The summed E-state index contributed by atoms with van der Waals surface area (Å²) < 4.78 is 14.5. The van der Waals surface area contributed by atoms with Crippen LogP contribution in [0.3, 0.4) is 0 Å². The molecule has 0 spiro atoms. The van der Waals surface area contributed by atoms with Crippen LogP contribution in [0.5, 0.6) is 0 Å². The molecule has 2 aliphatic heterocycles. The Hall–Kier alpha value is -0.680. The van der Waals surface area contributed by atoms with Gasteiger partial charge in [-0.15, -0.1) is 0 Å². The van der Waals surface area contributed by atoms with Crippen molar-refractivity contribution in [3.05, 3.63) is 22.6 Å². The summed E-state index contributed by atoms with van der Waals surface area (Å²) in [6.45, 7) is 2.92. The van der Waals surface area contributed by atoms with E-state index in [0.717, 1.165) is 26.1 Å². The Morgan fingerprint density at radius 1 is 1.50 bits per heavy atom. The molecule has 3 rings (SSSR count). The first-order valence-corrected chi connectivity index (χ1v) is 6.33. The van der Waals surface area contributed by atoms with Crippen LogP contribution in [0.15, 0.2) is 16.7 Å². The monoisotopic (exact) mass is 285 g/mol. The normalized spacial score (nSPS) is 28.5. The Bertz CT molecular complexity index is 412. The molecule has 2 fully saturated rings. The number of nitrogens with zero attached hydrogens (tertiary/aromatic N) is 2. The minimum absolute atomic E-state index is 0.234. The summed E-state index contributed by atoms with van der Waals surface area (Å²) in [5.74, 6) is 0.922. The largest absolute Gasteiger partial charge is 0.350 e. The smallest absolute Gasteiger partial charge is 0.166 e. The molecule has 0 unspecified atom stereocenters. The number of hydrogen-bond acceptors (Lipinski definition) is 3. The Morgan fingerprint density at radius 3 is 3.19 bits per heavy atom. The lowest BCUT2D eigenvalue weighted by Crippen LogP contribution is -2.35. The van der Waals surface area contributed by atoms with Crippen LogP contribution >= 0.6 is 15.9 Å². The number of halogens is 2. The fourth-order valence-corrected chi connectivity index (χ4v) is 3.03. The van der Waals surface area contributed by atoms with Crippen molar-refractivity contribution in [3.63, 3.8) is 0 Å². The average molecular weight is 286 g/mol. The van der Waals surface area contributed by atoms with Gasteiger partial charge in [-0.3, -0.25) is 0 Å². The maximum Gasteiger partial charge on any atom is 0.166 e. The van der Waals surface area contributed by atoms with E-state index in [1.807, 2.05) is 0 Å². The van der Waals surface area contributed by atoms with Crippen molar-refractivity contribution in [2.45, 2.75) is 12.5 Å². The van der Waals surface area contributed by atoms with E-state index in [0.29, 0.717) is 22.3 Å². The fourth-order valence-electron chi connectivity index (χ4n) is 2.73. The minimum Gasteiger partial charge on any atom is -0.350 e. The number of aromatic nitrogens is 1. The quantitative estimate of drug-likeness (QED) is 0.853. The molecule has 0 bridgehead atoms. The fraction of sp³-hybridized carbons (Fsp3) is 0.545. The van der Waals surface area contributed by atoms with E-state index in [4.69, 9.17) is 0 Å². The van der Waals surface area contributed by atoms with Crippen molar-refractivity contribution in [2.75, 3.05) is 24.5 Å². The molecule has 2 atom stereocenters. The average Bonchev–Trinajstić information content (AvgIpc) is 2.80. The van der Waals surface area contributed by atoms with Gasteiger partial charge in [0.25, 0.3) is 0 Å². The summed E-state index contributed by atoms with van der Waals surface area (Å²) >= 11 is 3.23. The number of anilines is 1. The molecular weight excluding hydrogens is 273 g/mol. The van der Waals surface area contributed by atoms with E-state index in [2.05, 4.69) is 31.1 Å². The van der Waals surface area contributed by atoms with Gasteiger partial charge in [0, 0.05) is 36.3 Å². The Labute approximate surface area is 102 Å². The number of rotatable bonds is 1. The standard InChI is InChI=1S/C11H13BrFN3/c12-8-3-9(13)11(15-5-8)16-2-1-7-4-14-6-10(7)16/h3,5,7,10,14H,1-2,4,6H2/t7-,10+/m0/s1. The van der Waals surface area contributed by atoms with Gasteiger partial charge < -0.3 is 10.2 Å². The van der Waals surface area contributed by atoms with Gasteiger partial charge in [-0.2, -0.15) is 0 Å². The lowest BCUT2D eigenvalue weighted by atomic mass is 10.1. The molecule has 5 heteroatoms. The van der Waals surface area contributed by atoms with Gasteiger partial charge in [0.15, 0.2) is 11.6 Å². The van der Waals surface area contributed by atoms with Crippen molar-refractivity contribution in [1.82, 2.24) is 10.3 Å². The SMILES string of the molecule is Fc1cc(Br)cnc1N1CC[C@H]2CNC[C@H]21. The lowest BCUT2D eigenvalue weighted by molar-refractivity contribution is 0.566. The molecule has 1 aromatic heterocycles. The van der Waals surface area contributed by atoms with E-state index in [1.54, 1.807) is 6.20 Å². The zero-order chi connectivity index (χ0) is 11.1. The van der Waals surface area contributed by atoms with Crippen LogP contribution in [-0.2, 0) is 0 Å². The van der Waals surface area contributed by atoms with Crippen LogP contribution < -0.4 is 10.2 Å². The predicted molar refractivity (Wildman–Crippen MR) is 64.0 cm³/mol. The van der Waals surface area contributed by atoms with Gasteiger partial charge in [0.1, 0.15) is 0 Å². The van der Waals surface area contributed by atoms with Crippen LogP contribution in [0.25, 0.3) is 0 Å². The summed E-state index contributed by atoms with van der Waals surface area (Å²) in [5, 5.41) is 3.35. The van der Waals surface area contributed by atoms with Crippen LogP contribution in [0.2, 0.25) is 0 Å². The van der Waals surface area contributed by atoms with E-state index in [9.17, 15) is 4.39 Å². The molecule has 0 aliphatic carbocycles. The van der Waals surface area contributed by atoms with Gasteiger partial charge in [0.2, 0.25) is 0 Å². The van der Waals surface area contributed by atoms with E-state index >= 15 is 0 Å². The summed E-state index contributed by atoms with van der Waals surface area (Å²) in [5.41, 5.74) is 0. The van der Waals surface area contributed by atoms with Crippen LogP contribution in [-0.4, -0.2) is 30.7 Å². The molecular formula is C11H13BrFN3. The summed E-state index contributed by atoms with van der Waals surface area (Å²) in [7, 11) is 0. The maximum absolute atomic E-state index is 13.8. The van der Waals surface area contributed by atoms with Crippen molar-refractivity contribution in [3.8, 4) is 0 Å². The molecule has 2 aliphatic rings. The predicted octanol–water partition coefficient (Wildman–Crippen LogP) is 1.78. The molecule has 0 saturated carbocycles. The van der Waals surface area contributed by atoms with Crippen molar-refractivity contribution >= 4 is 21.7 Å². The molecule has 16 heavy (non-hydrogen) atoms. The van der Waals surface area contributed by atoms with Crippen molar-refractivity contribution in [1.29, 1.82) is 0 Å². The van der Waals surface area contributed by atoms with Crippen LogP contribution in [0.1, 0.15) is 6.42 Å². The first-order chi connectivity index (χ1) is 7.75. The number of pyridine rings is 1. The second-order valence-electron chi connectivity index (χ2n) is 4.43. The third-order valence-corrected chi connectivity index (χ3v) is 3.94. The van der Waals surface area contributed by atoms with E-state index < -0.39 is 0 Å². The van der Waals surface area contributed by atoms with E-state index in [-0.39, 0.29) is 5.82 Å². The van der Waals surface area contributed by atoms with Crippen molar-refractivity contribution < 1.29 is 4.39 Å². The summed E-state index contributed by atoms with van der Waals surface area (Å²) in [6, 6.07) is 1.90. The Kier molecular flexibility index (Phi) is 2.59. The third kappa shape index (κ3) is 1.62. The number of fused-ring (bicyclic) bond motifs is 1. The molecule has 3 nitrogen and oxygen atoms in total. The Morgan fingerprint density at radius 2 is 2.38 bits per heavy atom. The zero-order valence-electron chi connectivity index (χ0n) is 8.79. The van der Waals surface area contributed by atoms with Crippen molar-refractivity contribution in [2.24, 2.45) is 5.92 Å². The molecule has 86 valence electrons. The number of nitrogens with one attached hydrogen (secondary N) is 1. The Balaban J connectivity index is 1.92. The van der Waals surface area contributed by atoms with Crippen LogP contribution in [0, 0.1) is 11.7 Å². The second kappa shape index (κ2) is 3.96. The highest BCUT2D eigenvalue weighted by molar-refractivity contribution is 9.10. The lowest BCUT2D eigenvalue weighted by Gasteiger charge is -2.24. The minimum atomic E-state index is -0.234. The van der Waals surface area contributed by atoms with Gasteiger partial charge in [0.05, 0.1) is 0 Å². The molecule has 1 aromatic rings. The highest BCUT2D eigenvalue weighted by atomic mass is 79.9. The topological polar surface area (TPSA) is 28.2 Å². The first-order valence-electron chi connectivity index (χ1n) is 5.54. The summed E-state index contributed by atoms with van der Waals surface area (Å²) in [4.78, 5) is 6.30. The van der Waals surface area contributed by atoms with Gasteiger partial charge in [-0.25, -0.2) is 9.37 Å². The summed E-state index contributed by atoms with van der Waals surface area (Å²) in [6.07, 6.45) is 2.79. The first kappa shape index (κ1) is 10.5. The molecule has 1 N–H and O–H groups in total. The maximum atomic E-state index is 13.8. The van der Waals surface area contributed by atoms with E-state index in [1.165, 1.54) is 6.07 Å². The molecule has 3 heterocycles. The highest BCUT2D eigenvalue weighted by Crippen LogP contribution is 2.32. The molecule has 0 radical (unpaired) electrons. The van der Waals surface area contributed by atoms with Gasteiger partial charge in [-0.05, 0) is 34.3 Å². The third-order valence-electron chi connectivity index (χ3n) is 3.51. The second-order valence-corrected chi connectivity index (χ2v) is 5.34. The number of hydrogen-bond donors (Lipinski definition) is 1. The highest BCUT2D eigenvalue weighted by Gasteiger charge is 2.38. The molecule has 2 saturated heterocycles. The van der Waals surface area contributed by atoms with Crippen LogP contribution in [0.4, 0.5) is 10.2 Å². The van der Waals surface area contributed by atoms with Gasteiger partial charge in [-0.1, -0.05) is 0 Å².